The second-order valence-corrected chi connectivity index (χ2v) is 10.7. The maximum atomic E-state index is 13.6. The van der Waals surface area contributed by atoms with Crippen molar-refractivity contribution in [1.29, 1.82) is 0 Å². The lowest BCUT2D eigenvalue weighted by Gasteiger charge is -2.35. The molecule has 2 aliphatic rings. The second-order valence-electron chi connectivity index (χ2n) is 8.72. The molecule has 0 bridgehead atoms. The Labute approximate surface area is 217 Å². The summed E-state index contributed by atoms with van der Waals surface area (Å²) < 4.78 is 61.0. The fraction of sp³-hybridized carbons (Fsp3) is 0.524. The summed E-state index contributed by atoms with van der Waals surface area (Å²) in [6.07, 6.45) is 3.12. The van der Waals surface area contributed by atoms with Crippen molar-refractivity contribution in [2.45, 2.75) is 36.7 Å². The number of aliphatic hydroxyl groups is 1. The van der Waals surface area contributed by atoms with Gasteiger partial charge in [0.15, 0.2) is 17.3 Å². The molecule has 5 heterocycles. The first-order chi connectivity index (χ1) is 18.3. The number of hydrogen-bond acceptors (Lipinski definition) is 13. The topological polar surface area (TPSA) is 180 Å². The SMILES string of the molecule is COc1ncnc(OC)c1-n1c(NS(=O)(=O)C2CC(O)CN(c3ncc(F)cn3)C2)nnc1[C@H]1CCCO1. The van der Waals surface area contributed by atoms with Crippen LogP contribution in [0.1, 0.15) is 31.2 Å². The van der Waals surface area contributed by atoms with Gasteiger partial charge < -0.3 is 24.2 Å². The van der Waals surface area contributed by atoms with Crippen LogP contribution in [-0.4, -0.2) is 93.5 Å². The molecule has 0 spiro atoms. The molecule has 0 amide bonds. The summed E-state index contributed by atoms with van der Waals surface area (Å²) in [6, 6.07) is 0. The number of nitrogens with zero attached hydrogens (tertiary/aromatic N) is 8. The fourth-order valence-electron chi connectivity index (χ4n) is 4.50. The van der Waals surface area contributed by atoms with E-state index in [0.29, 0.717) is 18.9 Å². The van der Waals surface area contributed by atoms with Crippen LogP contribution in [0.3, 0.4) is 0 Å². The number of aliphatic hydroxyl groups excluding tert-OH is 1. The van der Waals surface area contributed by atoms with E-state index in [1.54, 1.807) is 0 Å². The van der Waals surface area contributed by atoms with E-state index in [0.717, 1.165) is 18.8 Å². The molecule has 0 aliphatic carbocycles. The Morgan fingerprint density at radius 2 is 1.82 bits per heavy atom. The Bertz CT molecular complexity index is 1360. The number of methoxy groups -OCH3 is 2. The number of hydrogen-bond donors (Lipinski definition) is 2. The van der Waals surface area contributed by atoms with Gasteiger partial charge in [-0.1, -0.05) is 0 Å². The van der Waals surface area contributed by atoms with Crippen LogP contribution in [0.15, 0.2) is 18.7 Å². The third kappa shape index (κ3) is 5.03. The summed E-state index contributed by atoms with van der Waals surface area (Å²) in [7, 11) is -1.36. The highest BCUT2D eigenvalue weighted by molar-refractivity contribution is 7.93. The molecule has 2 N–H and O–H groups in total. The molecule has 2 fully saturated rings. The Balaban J connectivity index is 1.51. The average Bonchev–Trinajstić information content (AvgIpc) is 3.58. The van der Waals surface area contributed by atoms with Crippen molar-refractivity contribution in [3.8, 4) is 17.4 Å². The molecule has 3 aromatic rings. The third-order valence-electron chi connectivity index (χ3n) is 6.22. The van der Waals surface area contributed by atoms with Gasteiger partial charge in [0.05, 0.1) is 32.7 Å². The van der Waals surface area contributed by atoms with Gasteiger partial charge in [-0.25, -0.2) is 22.8 Å². The zero-order valence-corrected chi connectivity index (χ0v) is 21.4. The second kappa shape index (κ2) is 10.6. The standard InChI is InChI=1S/C21H26FN9O6S/c1-35-18-16(19(36-2)26-11-25-18)31-17(15-4-3-5-37-15)27-28-21(31)29-38(33,34)14-6-13(32)9-30(10-14)20-23-7-12(22)8-24-20/h7-8,11,13-15,32H,3-6,9-10H2,1-2H3,(H,28,29)/t13?,14?,15-/m1/s1. The van der Waals surface area contributed by atoms with E-state index in [1.165, 1.54) is 30.0 Å². The van der Waals surface area contributed by atoms with Crippen molar-refractivity contribution in [2.24, 2.45) is 0 Å². The van der Waals surface area contributed by atoms with Crippen LogP contribution in [-0.2, 0) is 14.8 Å². The van der Waals surface area contributed by atoms with Gasteiger partial charge in [0.2, 0.25) is 33.7 Å². The highest BCUT2D eigenvalue weighted by Crippen LogP contribution is 2.37. The van der Waals surface area contributed by atoms with Crippen LogP contribution in [0.2, 0.25) is 0 Å². The zero-order valence-electron chi connectivity index (χ0n) is 20.6. The van der Waals surface area contributed by atoms with Gasteiger partial charge in [-0.15, -0.1) is 10.2 Å². The molecule has 5 rings (SSSR count). The molecule has 0 radical (unpaired) electrons. The lowest BCUT2D eigenvalue weighted by atomic mass is 10.1. The van der Waals surface area contributed by atoms with Crippen molar-refractivity contribution >= 4 is 21.9 Å². The summed E-state index contributed by atoms with van der Waals surface area (Å²) in [5, 5.41) is 17.7. The first-order valence-corrected chi connectivity index (χ1v) is 13.3. The molecule has 0 aromatic carbocycles. The van der Waals surface area contributed by atoms with Crippen molar-refractivity contribution in [2.75, 3.05) is 43.5 Å². The van der Waals surface area contributed by atoms with E-state index >= 15 is 0 Å². The number of β-amino-alcohol motifs (C(OH)–C–C–N with tert-alkyl or cyclic N) is 1. The minimum atomic E-state index is -4.17. The fourth-order valence-corrected chi connectivity index (χ4v) is 5.91. The average molecular weight is 552 g/mol. The Kier molecular flexibility index (Phi) is 7.22. The predicted molar refractivity (Wildman–Crippen MR) is 129 cm³/mol. The Morgan fingerprint density at radius 3 is 2.45 bits per heavy atom. The first-order valence-electron chi connectivity index (χ1n) is 11.7. The highest BCUT2D eigenvalue weighted by Gasteiger charge is 2.38. The molecular weight excluding hydrogens is 525 g/mol. The van der Waals surface area contributed by atoms with Crippen LogP contribution in [0.25, 0.3) is 5.69 Å². The molecule has 15 nitrogen and oxygen atoms in total. The highest BCUT2D eigenvalue weighted by atomic mass is 32.2. The number of rotatable bonds is 8. The van der Waals surface area contributed by atoms with E-state index in [1.807, 2.05) is 0 Å². The smallest absolute Gasteiger partial charge is 0.245 e. The number of aromatic nitrogens is 7. The van der Waals surface area contributed by atoms with Crippen molar-refractivity contribution in [3.63, 3.8) is 0 Å². The Morgan fingerprint density at radius 1 is 1.11 bits per heavy atom. The van der Waals surface area contributed by atoms with Gasteiger partial charge in [-0.05, 0) is 19.3 Å². The van der Waals surface area contributed by atoms with E-state index in [2.05, 4.69) is 34.9 Å². The Hall–Kier alpha value is -3.70. The molecule has 17 heteroatoms. The minimum absolute atomic E-state index is 0.0498. The molecule has 2 unspecified atom stereocenters. The van der Waals surface area contributed by atoms with Crippen LogP contribution in [0.4, 0.5) is 16.3 Å². The summed E-state index contributed by atoms with van der Waals surface area (Å²) >= 11 is 0. The van der Waals surface area contributed by atoms with Gasteiger partial charge in [0, 0.05) is 19.7 Å². The van der Waals surface area contributed by atoms with Gasteiger partial charge in [-0.3, -0.25) is 9.29 Å². The van der Waals surface area contributed by atoms with Crippen molar-refractivity contribution < 1.29 is 32.1 Å². The monoisotopic (exact) mass is 551 g/mol. The first kappa shape index (κ1) is 25.9. The summed E-state index contributed by atoms with van der Waals surface area (Å²) in [6.45, 7) is 0.554. The number of halogens is 1. The summed E-state index contributed by atoms with van der Waals surface area (Å²) in [5.74, 6) is -0.171. The van der Waals surface area contributed by atoms with Gasteiger partial charge in [0.25, 0.3) is 0 Å². The number of piperidine rings is 1. The van der Waals surface area contributed by atoms with E-state index in [-0.39, 0.29) is 48.9 Å². The molecule has 2 saturated heterocycles. The van der Waals surface area contributed by atoms with E-state index in [9.17, 15) is 17.9 Å². The molecule has 2 aliphatic heterocycles. The van der Waals surface area contributed by atoms with Crippen molar-refractivity contribution in [3.05, 3.63) is 30.4 Å². The maximum Gasteiger partial charge on any atom is 0.245 e. The minimum Gasteiger partial charge on any atom is -0.479 e. The van der Waals surface area contributed by atoms with Crippen molar-refractivity contribution in [1.82, 2.24) is 34.7 Å². The van der Waals surface area contributed by atoms with E-state index < -0.39 is 33.3 Å². The maximum absolute atomic E-state index is 13.6. The van der Waals surface area contributed by atoms with E-state index in [4.69, 9.17) is 14.2 Å². The van der Waals surface area contributed by atoms with Crippen LogP contribution in [0, 0.1) is 5.82 Å². The van der Waals surface area contributed by atoms with Gasteiger partial charge in [0.1, 0.15) is 17.7 Å². The summed E-state index contributed by atoms with van der Waals surface area (Å²) in [4.78, 5) is 17.6. The lowest BCUT2D eigenvalue weighted by molar-refractivity contribution is 0.103. The quantitative estimate of drug-likeness (QED) is 0.389. The zero-order chi connectivity index (χ0) is 26.9. The number of ether oxygens (including phenoxy) is 3. The van der Waals surface area contributed by atoms with Gasteiger partial charge >= 0.3 is 0 Å². The largest absolute Gasteiger partial charge is 0.479 e. The van der Waals surface area contributed by atoms with Crippen LogP contribution < -0.4 is 19.1 Å². The number of anilines is 2. The predicted octanol–water partition coefficient (Wildman–Crippen LogP) is 0.237. The summed E-state index contributed by atoms with van der Waals surface area (Å²) in [5.41, 5.74) is 0.190. The molecule has 38 heavy (non-hydrogen) atoms. The van der Waals surface area contributed by atoms with Gasteiger partial charge in [-0.2, -0.15) is 9.97 Å². The number of nitrogens with one attached hydrogen (secondary N) is 1. The molecule has 3 aromatic heterocycles. The molecule has 204 valence electrons. The number of sulfonamides is 1. The molecular formula is C21H26FN9O6S. The van der Waals surface area contributed by atoms with Crippen LogP contribution >= 0.6 is 0 Å². The normalized spacial score (nSPS) is 21.9. The lowest BCUT2D eigenvalue weighted by Crippen LogP contribution is -2.50. The molecule has 3 atom stereocenters. The van der Waals surface area contributed by atoms with Crippen LogP contribution in [0.5, 0.6) is 11.8 Å². The molecule has 0 saturated carbocycles. The third-order valence-corrected chi connectivity index (χ3v) is 7.91.